The number of hydrogen-bond donors (Lipinski definition) is 1. The Hall–Kier alpha value is -3.19. The second kappa shape index (κ2) is 8.05. The second-order valence-electron chi connectivity index (χ2n) is 7.15. The molecule has 0 saturated carbocycles. The van der Waals surface area contributed by atoms with Crippen molar-refractivity contribution >= 4 is 22.8 Å². The van der Waals surface area contributed by atoms with Crippen molar-refractivity contribution in [2.45, 2.75) is 32.6 Å². The molecule has 0 bridgehead atoms. The van der Waals surface area contributed by atoms with E-state index in [0.29, 0.717) is 25.3 Å². The Labute approximate surface area is 169 Å². The second-order valence-corrected chi connectivity index (χ2v) is 7.15. The van der Waals surface area contributed by atoms with Crippen LogP contribution in [0.15, 0.2) is 48.5 Å². The van der Waals surface area contributed by atoms with Gasteiger partial charge in [-0.1, -0.05) is 30.3 Å². The number of carbonyl (C=O) groups excluding carboxylic acids is 2. The Kier molecular flexibility index (Phi) is 5.31. The van der Waals surface area contributed by atoms with E-state index in [1.807, 2.05) is 42.5 Å². The number of hydrogen-bond acceptors (Lipinski definition) is 4. The van der Waals surface area contributed by atoms with Crippen LogP contribution in [0.25, 0.3) is 11.0 Å². The molecule has 0 aliphatic carbocycles. The third-order valence-corrected chi connectivity index (χ3v) is 5.37. The van der Waals surface area contributed by atoms with Crippen molar-refractivity contribution < 1.29 is 14.3 Å². The van der Waals surface area contributed by atoms with E-state index >= 15 is 0 Å². The number of imidazole rings is 1. The third kappa shape index (κ3) is 3.61. The Bertz CT molecular complexity index is 1060. The summed E-state index contributed by atoms with van der Waals surface area (Å²) >= 11 is 0. The van der Waals surface area contributed by atoms with Gasteiger partial charge in [-0.3, -0.25) is 9.59 Å². The van der Waals surface area contributed by atoms with E-state index in [1.54, 1.807) is 25.0 Å². The van der Waals surface area contributed by atoms with Crippen LogP contribution in [0.4, 0.5) is 0 Å². The molecular formula is C22H24N4O3. The maximum absolute atomic E-state index is 12.8. The largest absolute Gasteiger partial charge is 0.383 e. The molecule has 150 valence electrons. The number of para-hydroxylation sites is 2. The van der Waals surface area contributed by atoms with Gasteiger partial charge in [0.1, 0.15) is 11.9 Å². The lowest BCUT2D eigenvalue weighted by atomic mass is 10.1. The van der Waals surface area contributed by atoms with Crippen molar-refractivity contribution in [1.82, 2.24) is 19.8 Å². The molecule has 1 aromatic heterocycles. The summed E-state index contributed by atoms with van der Waals surface area (Å²) < 4.78 is 7.27. The maximum atomic E-state index is 12.8. The highest BCUT2D eigenvalue weighted by atomic mass is 16.5. The van der Waals surface area contributed by atoms with Gasteiger partial charge in [0.25, 0.3) is 5.91 Å². The van der Waals surface area contributed by atoms with Gasteiger partial charge in [-0.25, -0.2) is 4.98 Å². The van der Waals surface area contributed by atoms with Crippen LogP contribution in [0, 0.1) is 0 Å². The lowest BCUT2D eigenvalue weighted by molar-refractivity contribution is -0.125. The van der Waals surface area contributed by atoms with Crippen molar-refractivity contribution in [3.63, 3.8) is 0 Å². The highest BCUT2D eigenvalue weighted by Crippen LogP contribution is 2.24. The van der Waals surface area contributed by atoms with Crippen LogP contribution in [0.2, 0.25) is 0 Å². The molecule has 7 heteroatoms. The van der Waals surface area contributed by atoms with E-state index in [1.165, 1.54) is 0 Å². The molecule has 2 aromatic carbocycles. The molecule has 4 rings (SSSR count). The summed E-state index contributed by atoms with van der Waals surface area (Å²) in [6.45, 7) is 3.70. The lowest BCUT2D eigenvalue weighted by Crippen LogP contribution is -2.45. The van der Waals surface area contributed by atoms with E-state index in [-0.39, 0.29) is 18.4 Å². The average molecular weight is 392 g/mol. The minimum atomic E-state index is -0.563. The van der Waals surface area contributed by atoms with E-state index in [4.69, 9.17) is 4.74 Å². The van der Waals surface area contributed by atoms with Crippen LogP contribution in [0.5, 0.6) is 0 Å². The zero-order valence-electron chi connectivity index (χ0n) is 16.6. The van der Waals surface area contributed by atoms with Crippen LogP contribution in [-0.4, -0.2) is 46.0 Å². The molecule has 0 saturated heterocycles. The van der Waals surface area contributed by atoms with Gasteiger partial charge >= 0.3 is 0 Å². The zero-order chi connectivity index (χ0) is 20.4. The van der Waals surface area contributed by atoms with Crippen molar-refractivity contribution in [2.75, 3.05) is 13.7 Å². The predicted molar refractivity (Wildman–Crippen MR) is 109 cm³/mol. The van der Waals surface area contributed by atoms with Crippen LogP contribution >= 0.6 is 0 Å². The van der Waals surface area contributed by atoms with Crippen molar-refractivity contribution in [1.29, 1.82) is 0 Å². The molecule has 0 fully saturated rings. The smallest absolute Gasteiger partial charge is 0.255 e. The summed E-state index contributed by atoms with van der Waals surface area (Å²) in [5.74, 6) is 0.465. The van der Waals surface area contributed by atoms with Crippen LogP contribution < -0.4 is 5.32 Å². The number of benzene rings is 2. The molecular weight excluding hydrogens is 368 g/mol. The number of amides is 2. The van der Waals surface area contributed by atoms with E-state index in [0.717, 1.165) is 22.4 Å². The highest BCUT2D eigenvalue weighted by Gasteiger charge is 2.33. The Morgan fingerprint density at radius 2 is 1.97 bits per heavy atom. The van der Waals surface area contributed by atoms with Crippen LogP contribution in [0.3, 0.4) is 0 Å². The van der Waals surface area contributed by atoms with Crippen molar-refractivity contribution in [3.05, 3.63) is 65.5 Å². The lowest BCUT2D eigenvalue weighted by Gasteiger charge is -2.23. The van der Waals surface area contributed by atoms with Crippen LogP contribution in [-0.2, 0) is 29.2 Å². The number of ether oxygens (including phenoxy) is 1. The zero-order valence-corrected chi connectivity index (χ0v) is 16.6. The van der Waals surface area contributed by atoms with Gasteiger partial charge in [0, 0.05) is 25.8 Å². The maximum Gasteiger partial charge on any atom is 0.255 e. The Morgan fingerprint density at radius 3 is 2.76 bits per heavy atom. The SMILES string of the molecule is COCCn1c(CNC(=O)C(C)N2Cc3ccccc3C2=O)nc2ccccc21. The summed E-state index contributed by atoms with van der Waals surface area (Å²) in [6, 6.07) is 14.8. The normalized spacial score (nSPS) is 14.3. The summed E-state index contributed by atoms with van der Waals surface area (Å²) in [7, 11) is 1.66. The van der Waals surface area contributed by atoms with Gasteiger partial charge in [-0.05, 0) is 30.7 Å². The summed E-state index contributed by atoms with van der Waals surface area (Å²) in [4.78, 5) is 31.7. The number of rotatable bonds is 7. The van der Waals surface area contributed by atoms with Gasteiger partial charge in [-0.2, -0.15) is 0 Å². The summed E-state index contributed by atoms with van der Waals surface area (Å²) in [6.07, 6.45) is 0. The first kappa shape index (κ1) is 19.1. The fourth-order valence-corrected chi connectivity index (χ4v) is 3.74. The average Bonchev–Trinajstić information content (AvgIpc) is 3.27. The third-order valence-electron chi connectivity index (χ3n) is 5.37. The minimum Gasteiger partial charge on any atom is -0.383 e. The molecule has 7 nitrogen and oxygen atoms in total. The molecule has 1 aliphatic heterocycles. The predicted octanol–water partition coefficient (Wildman–Crippen LogP) is 2.34. The quantitative estimate of drug-likeness (QED) is 0.670. The topological polar surface area (TPSA) is 76.5 Å². The van der Waals surface area contributed by atoms with Gasteiger partial charge in [0.2, 0.25) is 5.91 Å². The molecule has 0 radical (unpaired) electrons. The molecule has 1 aliphatic rings. The van der Waals surface area contributed by atoms with E-state index in [9.17, 15) is 9.59 Å². The molecule has 3 aromatic rings. The number of aromatic nitrogens is 2. The van der Waals surface area contributed by atoms with E-state index in [2.05, 4.69) is 14.9 Å². The standard InChI is InChI=1S/C22H24N4O3/c1-15(26-14-16-7-3-4-8-17(16)22(26)28)21(27)23-13-20-24-18-9-5-6-10-19(18)25(20)11-12-29-2/h3-10,15H,11-14H2,1-2H3,(H,23,27). The highest BCUT2D eigenvalue weighted by molar-refractivity contribution is 6.01. The first-order chi connectivity index (χ1) is 14.1. The van der Waals surface area contributed by atoms with Gasteiger partial charge in [0.05, 0.1) is 24.2 Å². The van der Waals surface area contributed by atoms with Gasteiger partial charge in [0.15, 0.2) is 0 Å². The number of methoxy groups -OCH3 is 1. The van der Waals surface area contributed by atoms with Gasteiger partial charge in [-0.15, -0.1) is 0 Å². The number of nitrogens with one attached hydrogen (secondary N) is 1. The Balaban J connectivity index is 1.47. The molecule has 1 N–H and O–H groups in total. The molecule has 1 unspecified atom stereocenters. The molecule has 29 heavy (non-hydrogen) atoms. The molecule has 2 amide bonds. The number of fused-ring (bicyclic) bond motifs is 2. The van der Waals surface area contributed by atoms with Crippen molar-refractivity contribution in [2.24, 2.45) is 0 Å². The summed E-state index contributed by atoms with van der Waals surface area (Å²) in [5, 5.41) is 2.94. The monoisotopic (exact) mass is 392 g/mol. The van der Waals surface area contributed by atoms with Gasteiger partial charge < -0.3 is 19.5 Å². The fourth-order valence-electron chi connectivity index (χ4n) is 3.74. The minimum absolute atomic E-state index is 0.101. The first-order valence-electron chi connectivity index (χ1n) is 9.70. The number of nitrogens with zero attached hydrogens (tertiary/aromatic N) is 3. The molecule has 0 spiro atoms. The van der Waals surface area contributed by atoms with E-state index < -0.39 is 6.04 Å². The van der Waals surface area contributed by atoms with Crippen molar-refractivity contribution in [3.8, 4) is 0 Å². The summed E-state index contributed by atoms with van der Waals surface area (Å²) in [5.41, 5.74) is 3.52. The number of carbonyl (C=O) groups is 2. The first-order valence-corrected chi connectivity index (χ1v) is 9.70. The Morgan fingerprint density at radius 1 is 1.21 bits per heavy atom. The fraction of sp³-hybridized carbons (Fsp3) is 0.318. The molecule has 2 heterocycles. The van der Waals surface area contributed by atoms with Crippen LogP contribution in [0.1, 0.15) is 28.7 Å². The molecule has 1 atom stereocenters.